The zero-order chi connectivity index (χ0) is 14.4. The second-order valence-corrected chi connectivity index (χ2v) is 6.00. The summed E-state index contributed by atoms with van der Waals surface area (Å²) in [6.45, 7) is 2.52. The van der Waals surface area contributed by atoms with Gasteiger partial charge in [-0.15, -0.1) is 10.2 Å². The molecule has 0 unspecified atom stereocenters. The molecule has 1 aromatic carbocycles. The fourth-order valence-corrected chi connectivity index (χ4v) is 3.06. The number of anilines is 2. The van der Waals surface area contributed by atoms with Crippen LogP contribution in [0, 0.1) is 0 Å². The molecule has 3 heterocycles. The van der Waals surface area contributed by atoms with Crippen LogP contribution in [0.4, 0.5) is 11.4 Å². The first kappa shape index (κ1) is 12.6. The molecule has 6 nitrogen and oxygen atoms in total. The standard InChI is InChI=1S/C14H13BrN6/c15-9-5-10-11(16)1-2-12(14(10)17-6-9)20-3-4-21-8-18-19-13(21)7-20/h1-2,5-6,8H,3-4,7,16H2. The zero-order valence-corrected chi connectivity index (χ0v) is 12.8. The van der Waals surface area contributed by atoms with Crippen LogP contribution in [0.3, 0.4) is 0 Å². The second kappa shape index (κ2) is 4.70. The number of benzene rings is 1. The number of nitrogen functional groups attached to an aromatic ring is 1. The number of rotatable bonds is 1. The van der Waals surface area contributed by atoms with E-state index in [1.807, 2.05) is 18.2 Å². The summed E-state index contributed by atoms with van der Waals surface area (Å²) < 4.78 is 3.01. The van der Waals surface area contributed by atoms with Crippen molar-refractivity contribution in [1.82, 2.24) is 19.7 Å². The molecule has 0 aliphatic carbocycles. The van der Waals surface area contributed by atoms with E-state index in [9.17, 15) is 0 Å². The monoisotopic (exact) mass is 344 g/mol. The van der Waals surface area contributed by atoms with Crippen molar-refractivity contribution in [1.29, 1.82) is 0 Å². The third-order valence-corrected chi connectivity index (χ3v) is 4.24. The highest BCUT2D eigenvalue weighted by Gasteiger charge is 2.20. The number of nitrogens with two attached hydrogens (primary N) is 1. The Balaban J connectivity index is 1.83. The van der Waals surface area contributed by atoms with E-state index in [0.29, 0.717) is 0 Å². The topological polar surface area (TPSA) is 72.9 Å². The quantitative estimate of drug-likeness (QED) is 0.685. The molecule has 1 aliphatic rings. The van der Waals surface area contributed by atoms with E-state index >= 15 is 0 Å². The molecule has 0 amide bonds. The summed E-state index contributed by atoms with van der Waals surface area (Å²) in [6.07, 6.45) is 3.58. The summed E-state index contributed by atoms with van der Waals surface area (Å²) in [5.74, 6) is 0.975. The Hall–Kier alpha value is -2.15. The van der Waals surface area contributed by atoms with Gasteiger partial charge in [-0.1, -0.05) is 0 Å². The highest BCUT2D eigenvalue weighted by atomic mass is 79.9. The molecule has 3 aromatic rings. The SMILES string of the molecule is Nc1ccc(N2CCn3cnnc3C2)c2ncc(Br)cc12. The Bertz CT molecular complexity index is 827. The van der Waals surface area contributed by atoms with Crippen LogP contribution < -0.4 is 10.6 Å². The molecular weight excluding hydrogens is 332 g/mol. The summed E-state index contributed by atoms with van der Waals surface area (Å²) in [6, 6.07) is 5.98. The third-order valence-electron chi connectivity index (χ3n) is 3.81. The number of nitrogens with zero attached hydrogens (tertiary/aromatic N) is 5. The molecule has 21 heavy (non-hydrogen) atoms. The van der Waals surface area contributed by atoms with Crippen molar-refractivity contribution in [3.63, 3.8) is 0 Å². The molecule has 7 heteroatoms. The highest BCUT2D eigenvalue weighted by molar-refractivity contribution is 9.10. The van der Waals surface area contributed by atoms with E-state index in [-0.39, 0.29) is 0 Å². The molecule has 0 radical (unpaired) electrons. The predicted molar refractivity (Wildman–Crippen MR) is 84.9 cm³/mol. The molecule has 2 aromatic heterocycles. The van der Waals surface area contributed by atoms with E-state index in [1.54, 1.807) is 12.5 Å². The number of aromatic nitrogens is 4. The predicted octanol–water partition coefficient (Wildman–Crippen LogP) is 2.19. The van der Waals surface area contributed by atoms with Crippen molar-refractivity contribution in [2.45, 2.75) is 13.1 Å². The van der Waals surface area contributed by atoms with Crippen LogP contribution in [-0.2, 0) is 13.1 Å². The zero-order valence-electron chi connectivity index (χ0n) is 11.2. The third kappa shape index (κ3) is 2.04. The lowest BCUT2D eigenvalue weighted by Crippen LogP contribution is -2.33. The summed E-state index contributed by atoms with van der Waals surface area (Å²) in [5.41, 5.74) is 8.82. The maximum Gasteiger partial charge on any atom is 0.152 e. The van der Waals surface area contributed by atoms with Gasteiger partial charge in [-0.2, -0.15) is 0 Å². The second-order valence-electron chi connectivity index (χ2n) is 5.09. The number of pyridine rings is 1. The normalized spacial score (nSPS) is 14.4. The van der Waals surface area contributed by atoms with E-state index in [2.05, 4.69) is 40.6 Å². The average molecular weight is 345 g/mol. The van der Waals surface area contributed by atoms with Crippen LogP contribution in [0.5, 0.6) is 0 Å². The Kier molecular flexibility index (Phi) is 2.81. The lowest BCUT2D eigenvalue weighted by atomic mass is 10.1. The van der Waals surface area contributed by atoms with Crippen molar-refractivity contribution >= 4 is 38.2 Å². The number of fused-ring (bicyclic) bond motifs is 2. The van der Waals surface area contributed by atoms with Gasteiger partial charge in [0.1, 0.15) is 6.33 Å². The Labute approximate surface area is 129 Å². The average Bonchev–Trinajstić information content (AvgIpc) is 2.95. The first-order chi connectivity index (χ1) is 10.2. The van der Waals surface area contributed by atoms with E-state index in [1.165, 1.54) is 0 Å². The lowest BCUT2D eigenvalue weighted by molar-refractivity contribution is 0.561. The minimum atomic E-state index is 0.733. The molecule has 2 N–H and O–H groups in total. The summed E-state index contributed by atoms with van der Waals surface area (Å²) >= 11 is 3.45. The van der Waals surface area contributed by atoms with Crippen molar-refractivity contribution in [2.75, 3.05) is 17.2 Å². The van der Waals surface area contributed by atoms with E-state index in [4.69, 9.17) is 5.73 Å². The van der Waals surface area contributed by atoms with Crippen molar-refractivity contribution < 1.29 is 0 Å². The maximum absolute atomic E-state index is 6.08. The van der Waals surface area contributed by atoms with Crippen LogP contribution in [-0.4, -0.2) is 26.3 Å². The molecule has 0 saturated heterocycles. The molecule has 0 fully saturated rings. The molecule has 0 atom stereocenters. The maximum atomic E-state index is 6.08. The summed E-state index contributed by atoms with van der Waals surface area (Å²) in [7, 11) is 0. The fraction of sp³-hybridized carbons (Fsp3) is 0.214. The minimum absolute atomic E-state index is 0.733. The van der Waals surface area contributed by atoms with Crippen LogP contribution in [0.15, 0.2) is 35.2 Å². The smallest absolute Gasteiger partial charge is 0.152 e. The van der Waals surface area contributed by atoms with Crippen molar-refractivity contribution in [3.8, 4) is 0 Å². The van der Waals surface area contributed by atoms with E-state index < -0.39 is 0 Å². The Morgan fingerprint density at radius 3 is 3.05 bits per heavy atom. The van der Waals surface area contributed by atoms with Gasteiger partial charge in [-0.25, -0.2) is 0 Å². The number of hydrogen-bond donors (Lipinski definition) is 1. The van der Waals surface area contributed by atoms with Crippen LogP contribution in [0.25, 0.3) is 10.9 Å². The lowest BCUT2D eigenvalue weighted by Gasteiger charge is -2.29. The van der Waals surface area contributed by atoms with E-state index in [0.717, 1.165) is 52.2 Å². The molecule has 106 valence electrons. The van der Waals surface area contributed by atoms with Gasteiger partial charge >= 0.3 is 0 Å². The number of halogens is 1. The van der Waals surface area contributed by atoms with Gasteiger partial charge in [0.25, 0.3) is 0 Å². The first-order valence-electron chi connectivity index (χ1n) is 6.68. The van der Waals surface area contributed by atoms with Gasteiger partial charge in [0.15, 0.2) is 5.82 Å². The van der Waals surface area contributed by atoms with Gasteiger partial charge in [-0.3, -0.25) is 4.98 Å². The molecule has 0 spiro atoms. The van der Waals surface area contributed by atoms with Gasteiger partial charge in [0.05, 0.1) is 17.7 Å². The Morgan fingerprint density at radius 1 is 1.24 bits per heavy atom. The first-order valence-corrected chi connectivity index (χ1v) is 7.47. The summed E-state index contributed by atoms with van der Waals surface area (Å²) in [5, 5.41) is 9.09. The van der Waals surface area contributed by atoms with Crippen LogP contribution in [0.2, 0.25) is 0 Å². The van der Waals surface area contributed by atoms with Crippen molar-refractivity contribution in [3.05, 3.63) is 41.0 Å². The Morgan fingerprint density at radius 2 is 2.14 bits per heavy atom. The largest absolute Gasteiger partial charge is 0.398 e. The summed E-state index contributed by atoms with van der Waals surface area (Å²) in [4.78, 5) is 6.82. The molecular formula is C14H13BrN6. The van der Waals surface area contributed by atoms with Crippen LogP contribution >= 0.6 is 15.9 Å². The van der Waals surface area contributed by atoms with Crippen molar-refractivity contribution in [2.24, 2.45) is 0 Å². The molecule has 1 aliphatic heterocycles. The highest BCUT2D eigenvalue weighted by Crippen LogP contribution is 2.32. The minimum Gasteiger partial charge on any atom is -0.398 e. The van der Waals surface area contributed by atoms with Gasteiger partial charge < -0.3 is 15.2 Å². The molecule has 0 bridgehead atoms. The van der Waals surface area contributed by atoms with Gasteiger partial charge in [-0.05, 0) is 34.1 Å². The fourth-order valence-electron chi connectivity index (χ4n) is 2.73. The number of hydrogen-bond acceptors (Lipinski definition) is 5. The van der Waals surface area contributed by atoms with Gasteiger partial charge in [0, 0.05) is 34.8 Å². The molecule has 0 saturated carbocycles. The van der Waals surface area contributed by atoms with Crippen LogP contribution in [0.1, 0.15) is 5.82 Å². The van der Waals surface area contributed by atoms with Gasteiger partial charge in [0.2, 0.25) is 0 Å². The molecule has 4 rings (SSSR count).